The second-order valence-corrected chi connectivity index (χ2v) is 5.47. The number of amides is 1. The highest BCUT2D eigenvalue weighted by molar-refractivity contribution is 9.11. The number of halogens is 2. The van der Waals surface area contributed by atoms with E-state index in [1.54, 1.807) is 6.07 Å². The predicted octanol–water partition coefficient (Wildman–Crippen LogP) is 2.95. The van der Waals surface area contributed by atoms with Gasteiger partial charge in [0.2, 0.25) is 0 Å². The van der Waals surface area contributed by atoms with Crippen molar-refractivity contribution in [2.24, 2.45) is 0 Å². The van der Waals surface area contributed by atoms with E-state index in [2.05, 4.69) is 47.1 Å². The van der Waals surface area contributed by atoms with Gasteiger partial charge >= 0.3 is 5.97 Å². The average Bonchev–Trinajstić information content (AvgIpc) is 2.42. The number of aromatic nitrogens is 2. The third kappa shape index (κ3) is 3.20. The summed E-state index contributed by atoms with van der Waals surface area (Å²) in [5.74, 6) is -1.64. The molecule has 102 valence electrons. The van der Waals surface area contributed by atoms with Gasteiger partial charge in [0.15, 0.2) is 0 Å². The third-order valence-electron chi connectivity index (χ3n) is 2.35. The molecule has 20 heavy (non-hydrogen) atoms. The summed E-state index contributed by atoms with van der Waals surface area (Å²) in [4.78, 5) is 30.7. The van der Waals surface area contributed by atoms with Crippen LogP contribution in [-0.2, 0) is 0 Å². The number of hydrogen-bond acceptors (Lipinski definition) is 4. The van der Waals surface area contributed by atoms with Crippen LogP contribution in [0.1, 0.15) is 20.7 Å². The van der Waals surface area contributed by atoms with Gasteiger partial charge in [-0.3, -0.25) is 4.79 Å². The Morgan fingerprint density at radius 1 is 1.15 bits per heavy atom. The summed E-state index contributed by atoms with van der Waals surface area (Å²) >= 11 is 6.43. The summed E-state index contributed by atoms with van der Waals surface area (Å²) in [6.07, 6.45) is 3.99. The molecule has 0 fully saturated rings. The first-order valence-electron chi connectivity index (χ1n) is 5.27. The summed E-state index contributed by atoms with van der Waals surface area (Å²) in [6.45, 7) is 0. The maximum atomic E-state index is 12.0. The molecule has 2 aromatic rings. The zero-order chi connectivity index (χ0) is 14.7. The van der Waals surface area contributed by atoms with Crippen molar-refractivity contribution in [1.82, 2.24) is 9.97 Å². The van der Waals surface area contributed by atoms with Crippen LogP contribution < -0.4 is 5.32 Å². The first kappa shape index (κ1) is 14.6. The largest absolute Gasteiger partial charge is 0.478 e. The van der Waals surface area contributed by atoms with Crippen LogP contribution in [0.5, 0.6) is 0 Å². The molecule has 0 saturated heterocycles. The van der Waals surface area contributed by atoms with Gasteiger partial charge in [0, 0.05) is 21.3 Å². The molecule has 0 atom stereocenters. The Balaban J connectivity index is 2.39. The number of aromatic carboxylic acids is 1. The monoisotopic (exact) mass is 399 g/mol. The summed E-state index contributed by atoms with van der Waals surface area (Å²) < 4.78 is 1.04. The molecular weight excluding hydrogens is 394 g/mol. The van der Waals surface area contributed by atoms with Crippen molar-refractivity contribution in [3.8, 4) is 0 Å². The SMILES string of the molecule is O=C(Nc1c(Br)cc(Br)cc1C(=O)O)c1cncnc1. The number of hydrogen-bond donors (Lipinski definition) is 2. The van der Waals surface area contributed by atoms with Crippen molar-refractivity contribution in [3.63, 3.8) is 0 Å². The number of nitrogens with one attached hydrogen (secondary N) is 1. The van der Waals surface area contributed by atoms with Crippen LogP contribution in [0, 0.1) is 0 Å². The van der Waals surface area contributed by atoms with E-state index in [9.17, 15) is 14.7 Å². The van der Waals surface area contributed by atoms with E-state index in [1.165, 1.54) is 24.8 Å². The van der Waals surface area contributed by atoms with E-state index < -0.39 is 11.9 Å². The van der Waals surface area contributed by atoms with E-state index in [0.717, 1.165) is 0 Å². The zero-order valence-electron chi connectivity index (χ0n) is 9.80. The molecule has 0 radical (unpaired) electrons. The standard InChI is InChI=1S/C12H7Br2N3O3/c13-7-1-8(12(19)20)10(9(14)2-7)17-11(18)6-3-15-5-16-4-6/h1-5H,(H,17,18)(H,19,20). The number of carboxylic acid groups (broad SMARTS) is 1. The minimum absolute atomic E-state index is 0.0311. The molecule has 0 aliphatic carbocycles. The lowest BCUT2D eigenvalue weighted by atomic mass is 10.1. The highest BCUT2D eigenvalue weighted by Crippen LogP contribution is 2.31. The fraction of sp³-hybridized carbons (Fsp3) is 0. The second-order valence-electron chi connectivity index (χ2n) is 3.70. The lowest BCUT2D eigenvalue weighted by molar-refractivity contribution is 0.0698. The first-order valence-corrected chi connectivity index (χ1v) is 6.86. The fourth-order valence-corrected chi connectivity index (χ4v) is 2.80. The Morgan fingerprint density at radius 3 is 2.40 bits per heavy atom. The summed E-state index contributed by atoms with van der Waals surface area (Å²) in [7, 11) is 0. The molecule has 2 N–H and O–H groups in total. The highest BCUT2D eigenvalue weighted by Gasteiger charge is 2.17. The molecule has 0 aliphatic rings. The molecule has 1 aromatic carbocycles. The molecule has 0 saturated carbocycles. The Bertz CT molecular complexity index is 677. The molecule has 1 aromatic heterocycles. The van der Waals surface area contributed by atoms with E-state index in [4.69, 9.17) is 0 Å². The Labute approximate surface area is 130 Å². The molecule has 0 aliphatic heterocycles. The van der Waals surface area contributed by atoms with Crippen LogP contribution >= 0.6 is 31.9 Å². The minimum atomic E-state index is -1.15. The minimum Gasteiger partial charge on any atom is -0.478 e. The van der Waals surface area contributed by atoms with Crippen LogP contribution in [-0.4, -0.2) is 27.0 Å². The van der Waals surface area contributed by atoms with Gasteiger partial charge in [-0.2, -0.15) is 0 Å². The van der Waals surface area contributed by atoms with Crippen molar-refractivity contribution in [1.29, 1.82) is 0 Å². The number of carboxylic acids is 1. The molecule has 2 rings (SSSR count). The van der Waals surface area contributed by atoms with Crippen LogP contribution in [0.2, 0.25) is 0 Å². The molecule has 1 heterocycles. The van der Waals surface area contributed by atoms with Gasteiger partial charge < -0.3 is 10.4 Å². The fourth-order valence-electron chi connectivity index (χ4n) is 1.47. The third-order valence-corrected chi connectivity index (χ3v) is 3.43. The number of benzene rings is 1. The van der Waals surface area contributed by atoms with Crippen LogP contribution in [0.3, 0.4) is 0 Å². The topological polar surface area (TPSA) is 92.2 Å². The predicted molar refractivity (Wildman–Crippen MR) is 78.8 cm³/mol. The summed E-state index contributed by atoms with van der Waals surface area (Å²) in [6, 6.07) is 3.05. The number of anilines is 1. The first-order chi connectivity index (χ1) is 9.49. The zero-order valence-corrected chi connectivity index (χ0v) is 13.0. The van der Waals surface area contributed by atoms with Gasteiger partial charge in [-0.15, -0.1) is 0 Å². The van der Waals surface area contributed by atoms with Crippen LogP contribution in [0.4, 0.5) is 5.69 Å². The number of nitrogens with zero attached hydrogens (tertiary/aromatic N) is 2. The van der Waals surface area contributed by atoms with Gasteiger partial charge in [0.25, 0.3) is 5.91 Å². The molecule has 1 amide bonds. The van der Waals surface area contributed by atoms with Crippen molar-refractivity contribution < 1.29 is 14.7 Å². The number of carbonyl (C=O) groups excluding carboxylic acids is 1. The molecular formula is C12H7Br2N3O3. The molecule has 0 bridgehead atoms. The maximum absolute atomic E-state index is 12.0. The summed E-state index contributed by atoms with van der Waals surface area (Å²) in [5, 5.41) is 11.7. The van der Waals surface area contributed by atoms with Gasteiger partial charge in [-0.05, 0) is 28.1 Å². The summed E-state index contributed by atoms with van der Waals surface area (Å²) in [5.41, 5.74) is 0.379. The molecule has 0 unspecified atom stereocenters. The Hall–Kier alpha value is -1.80. The van der Waals surface area contributed by atoms with E-state index >= 15 is 0 Å². The number of rotatable bonds is 3. The second kappa shape index (κ2) is 6.10. The Kier molecular flexibility index (Phi) is 4.46. The Morgan fingerprint density at radius 2 is 1.80 bits per heavy atom. The van der Waals surface area contributed by atoms with Gasteiger partial charge in [-0.25, -0.2) is 14.8 Å². The van der Waals surface area contributed by atoms with Crippen LogP contribution in [0.25, 0.3) is 0 Å². The quantitative estimate of drug-likeness (QED) is 0.826. The van der Waals surface area contributed by atoms with Crippen LogP contribution in [0.15, 0.2) is 39.8 Å². The van der Waals surface area contributed by atoms with E-state index in [1.807, 2.05) is 0 Å². The molecule has 6 nitrogen and oxygen atoms in total. The van der Waals surface area contributed by atoms with Gasteiger partial charge in [-0.1, -0.05) is 15.9 Å². The van der Waals surface area contributed by atoms with Crippen molar-refractivity contribution in [2.45, 2.75) is 0 Å². The lowest BCUT2D eigenvalue weighted by Crippen LogP contribution is -2.16. The average molecular weight is 401 g/mol. The van der Waals surface area contributed by atoms with Gasteiger partial charge in [0.05, 0.1) is 16.8 Å². The van der Waals surface area contributed by atoms with Crippen molar-refractivity contribution in [3.05, 3.63) is 50.9 Å². The van der Waals surface area contributed by atoms with Gasteiger partial charge in [0.1, 0.15) is 6.33 Å². The van der Waals surface area contributed by atoms with Crippen molar-refractivity contribution >= 4 is 49.4 Å². The highest BCUT2D eigenvalue weighted by atomic mass is 79.9. The van der Waals surface area contributed by atoms with Crippen molar-refractivity contribution in [2.75, 3.05) is 5.32 Å². The smallest absolute Gasteiger partial charge is 0.337 e. The maximum Gasteiger partial charge on any atom is 0.337 e. The molecule has 0 spiro atoms. The normalized spacial score (nSPS) is 10.1. The lowest BCUT2D eigenvalue weighted by Gasteiger charge is -2.11. The number of carbonyl (C=O) groups is 2. The molecule has 8 heteroatoms. The van der Waals surface area contributed by atoms with E-state index in [0.29, 0.717) is 8.95 Å². The van der Waals surface area contributed by atoms with E-state index in [-0.39, 0.29) is 16.8 Å².